The first-order valence-electron chi connectivity index (χ1n) is 5.42. The highest BCUT2D eigenvalue weighted by Gasteiger charge is 2.10. The minimum Gasteiger partial charge on any atom is -0.406 e. The van der Waals surface area contributed by atoms with E-state index < -0.39 is 0 Å². The highest BCUT2D eigenvalue weighted by Crippen LogP contribution is 2.19. The number of anilines is 1. The zero-order valence-electron chi connectivity index (χ0n) is 9.77. The van der Waals surface area contributed by atoms with Gasteiger partial charge in [0.05, 0.1) is 0 Å². The summed E-state index contributed by atoms with van der Waals surface area (Å²) in [4.78, 5) is 0. The molecule has 17 heavy (non-hydrogen) atoms. The molecule has 0 radical (unpaired) electrons. The molecule has 0 spiro atoms. The summed E-state index contributed by atoms with van der Waals surface area (Å²) in [5.74, 6) is 0.429. The van der Waals surface area contributed by atoms with Crippen LogP contribution in [0.1, 0.15) is 29.3 Å². The van der Waals surface area contributed by atoms with Crippen LogP contribution in [0.5, 0.6) is 0 Å². The molecule has 0 fully saturated rings. The lowest BCUT2D eigenvalue weighted by Crippen LogP contribution is -1.99. The van der Waals surface area contributed by atoms with E-state index in [1.807, 2.05) is 12.1 Å². The number of hydrogen-bond donors (Lipinski definition) is 1. The Morgan fingerprint density at radius 3 is 2.88 bits per heavy atom. The molecule has 0 aliphatic heterocycles. The number of halogens is 1. The molecule has 90 valence electrons. The first kappa shape index (κ1) is 11.9. The summed E-state index contributed by atoms with van der Waals surface area (Å²) in [6, 6.07) is 8.63. The average Bonchev–Trinajstić information content (AvgIpc) is 2.75. The fraction of sp³-hybridized carbons (Fsp3) is 0.333. The summed E-state index contributed by atoms with van der Waals surface area (Å²) in [5, 5.41) is 10.5. The van der Waals surface area contributed by atoms with Gasteiger partial charge in [-0.05, 0) is 19.4 Å². The Balaban J connectivity index is 1.97. The van der Waals surface area contributed by atoms with Gasteiger partial charge >= 0.3 is 6.01 Å². The van der Waals surface area contributed by atoms with Crippen LogP contribution < -0.4 is 5.32 Å². The molecule has 1 aromatic carbocycles. The molecule has 1 aromatic heterocycles. The van der Waals surface area contributed by atoms with Gasteiger partial charge in [-0.2, -0.15) is 0 Å². The number of hydrogen-bond acceptors (Lipinski definition) is 4. The molecular formula is C12H14ClN3O. The first-order valence-corrected chi connectivity index (χ1v) is 5.85. The predicted molar refractivity (Wildman–Crippen MR) is 67.1 cm³/mol. The molecule has 0 aliphatic rings. The van der Waals surface area contributed by atoms with Crippen molar-refractivity contribution in [2.75, 3.05) is 5.32 Å². The summed E-state index contributed by atoms with van der Waals surface area (Å²) in [6.07, 6.45) is 0. The van der Waals surface area contributed by atoms with Crippen molar-refractivity contribution >= 4 is 17.6 Å². The molecular weight excluding hydrogens is 238 g/mol. The molecule has 2 aromatic rings. The van der Waals surface area contributed by atoms with Gasteiger partial charge in [-0.1, -0.05) is 34.9 Å². The molecule has 0 saturated carbocycles. The summed E-state index contributed by atoms with van der Waals surface area (Å²) in [6.45, 7) is 4.50. The summed E-state index contributed by atoms with van der Waals surface area (Å²) in [7, 11) is 0. The molecule has 1 atom stereocenters. The number of rotatable bonds is 4. The minimum absolute atomic E-state index is 0.267. The third-order valence-electron chi connectivity index (χ3n) is 2.31. The Morgan fingerprint density at radius 2 is 2.24 bits per heavy atom. The zero-order valence-corrected chi connectivity index (χ0v) is 10.5. The van der Waals surface area contributed by atoms with Crippen LogP contribution >= 0.6 is 11.6 Å². The van der Waals surface area contributed by atoms with Crippen LogP contribution in [0.15, 0.2) is 28.7 Å². The average molecular weight is 252 g/mol. The van der Waals surface area contributed by atoms with E-state index in [9.17, 15) is 0 Å². The largest absolute Gasteiger partial charge is 0.406 e. The highest BCUT2D eigenvalue weighted by atomic mass is 35.5. The molecule has 0 aliphatic carbocycles. The Hall–Kier alpha value is -1.55. The van der Waals surface area contributed by atoms with Crippen molar-refractivity contribution in [3.05, 3.63) is 41.3 Å². The smallest absolute Gasteiger partial charge is 0.315 e. The van der Waals surface area contributed by atoms with Gasteiger partial charge in [-0.3, -0.25) is 0 Å². The number of nitrogens with zero attached hydrogens (tertiary/aromatic N) is 2. The van der Waals surface area contributed by atoms with Gasteiger partial charge < -0.3 is 9.73 Å². The molecule has 1 N–H and O–H groups in total. The van der Waals surface area contributed by atoms with E-state index in [1.165, 1.54) is 11.1 Å². The van der Waals surface area contributed by atoms with Crippen molar-refractivity contribution in [3.8, 4) is 0 Å². The van der Waals surface area contributed by atoms with Crippen LogP contribution in [0, 0.1) is 6.92 Å². The summed E-state index contributed by atoms with van der Waals surface area (Å²) < 4.78 is 5.33. The molecule has 0 bridgehead atoms. The normalized spacial score (nSPS) is 12.4. The number of aromatic nitrogens is 2. The summed E-state index contributed by atoms with van der Waals surface area (Å²) >= 11 is 5.83. The lowest BCUT2D eigenvalue weighted by atomic mass is 10.1. The van der Waals surface area contributed by atoms with Crippen LogP contribution in [0.2, 0.25) is 0 Å². The van der Waals surface area contributed by atoms with Gasteiger partial charge in [0.1, 0.15) is 5.38 Å². The van der Waals surface area contributed by atoms with E-state index in [4.69, 9.17) is 16.0 Å². The fourth-order valence-corrected chi connectivity index (χ4v) is 1.55. The maximum Gasteiger partial charge on any atom is 0.315 e. The van der Waals surface area contributed by atoms with Crippen LogP contribution in [0.3, 0.4) is 0 Å². The molecule has 4 nitrogen and oxygen atoms in total. The van der Waals surface area contributed by atoms with Crippen molar-refractivity contribution in [2.24, 2.45) is 0 Å². The van der Waals surface area contributed by atoms with E-state index in [1.54, 1.807) is 6.92 Å². The van der Waals surface area contributed by atoms with Crippen molar-refractivity contribution in [2.45, 2.75) is 25.8 Å². The van der Waals surface area contributed by atoms with E-state index in [0.29, 0.717) is 18.5 Å². The Labute approximate surface area is 105 Å². The standard InChI is InChI=1S/C12H14ClN3O/c1-8-4-3-5-10(6-8)7-14-12-16-15-11(17-12)9(2)13/h3-6,9H,7H2,1-2H3,(H,14,16). The second-order valence-corrected chi connectivity index (χ2v) is 4.56. The molecule has 0 amide bonds. The number of alkyl halides is 1. The Morgan fingerprint density at radius 1 is 1.41 bits per heavy atom. The first-order chi connectivity index (χ1) is 8.15. The van der Waals surface area contributed by atoms with Gasteiger partial charge in [-0.25, -0.2) is 0 Å². The maximum absolute atomic E-state index is 5.83. The van der Waals surface area contributed by atoms with Crippen LogP contribution in [-0.2, 0) is 6.54 Å². The van der Waals surface area contributed by atoms with E-state index in [2.05, 4.69) is 34.6 Å². The third kappa shape index (κ3) is 3.20. The quantitative estimate of drug-likeness (QED) is 0.848. The lowest BCUT2D eigenvalue weighted by Gasteiger charge is -2.02. The fourth-order valence-electron chi connectivity index (χ4n) is 1.47. The number of aryl methyl sites for hydroxylation is 1. The Kier molecular flexibility index (Phi) is 3.64. The molecule has 2 rings (SSSR count). The molecule has 1 heterocycles. The second-order valence-electron chi connectivity index (χ2n) is 3.90. The van der Waals surface area contributed by atoms with Crippen molar-refractivity contribution in [3.63, 3.8) is 0 Å². The number of benzene rings is 1. The van der Waals surface area contributed by atoms with E-state index in [-0.39, 0.29) is 5.38 Å². The number of nitrogens with one attached hydrogen (secondary N) is 1. The van der Waals surface area contributed by atoms with Crippen molar-refractivity contribution < 1.29 is 4.42 Å². The molecule has 0 saturated heterocycles. The second kappa shape index (κ2) is 5.19. The van der Waals surface area contributed by atoms with Crippen LogP contribution in [0.25, 0.3) is 0 Å². The third-order valence-corrected chi connectivity index (χ3v) is 2.49. The van der Waals surface area contributed by atoms with Crippen LogP contribution in [0.4, 0.5) is 6.01 Å². The van der Waals surface area contributed by atoms with Crippen molar-refractivity contribution in [1.82, 2.24) is 10.2 Å². The monoisotopic (exact) mass is 251 g/mol. The van der Waals surface area contributed by atoms with Gasteiger partial charge in [-0.15, -0.1) is 16.7 Å². The predicted octanol–water partition coefficient (Wildman–Crippen LogP) is 3.29. The maximum atomic E-state index is 5.83. The van der Waals surface area contributed by atoms with Gasteiger partial charge in [0.15, 0.2) is 0 Å². The van der Waals surface area contributed by atoms with Gasteiger partial charge in [0.2, 0.25) is 5.89 Å². The van der Waals surface area contributed by atoms with Crippen molar-refractivity contribution in [1.29, 1.82) is 0 Å². The highest BCUT2D eigenvalue weighted by molar-refractivity contribution is 6.20. The SMILES string of the molecule is Cc1cccc(CNc2nnc(C(C)Cl)o2)c1. The van der Waals surface area contributed by atoms with E-state index in [0.717, 1.165) is 0 Å². The topological polar surface area (TPSA) is 51.0 Å². The van der Waals surface area contributed by atoms with Gasteiger partial charge in [0.25, 0.3) is 0 Å². The van der Waals surface area contributed by atoms with Gasteiger partial charge in [0, 0.05) is 6.54 Å². The molecule has 5 heteroatoms. The lowest BCUT2D eigenvalue weighted by molar-refractivity contribution is 0.505. The Bertz CT molecular complexity index is 496. The molecule has 1 unspecified atom stereocenters. The summed E-state index contributed by atoms with van der Waals surface area (Å²) in [5.41, 5.74) is 2.40. The van der Waals surface area contributed by atoms with E-state index >= 15 is 0 Å². The minimum atomic E-state index is -0.267. The van der Waals surface area contributed by atoms with Crippen LogP contribution in [-0.4, -0.2) is 10.2 Å². The zero-order chi connectivity index (χ0) is 12.3.